The summed E-state index contributed by atoms with van der Waals surface area (Å²) in [7, 11) is 1.30. The largest absolute Gasteiger partial charge is 0.469 e. The van der Waals surface area contributed by atoms with Crippen molar-refractivity contribution in [2.45, 2.75) is 38.8 Å². The standard InChI is InChI=1S/C15H20ClNO4/c1-15(2,3)21-14(19)17-12(9-13(18)20-4)10-5-7-11(16)8-6-10/h5-8,12H,9H2,1-4H3,(H,17,19)/t12-/m0/s1. The van der Waals surface area contributed by atoms with Crippen molar-refractivity contribution in [3.8, 4) is 0 Å². The zero-order valence-electron chi connectivity index (χ0n) is 12.6. The van der Waals surface area contributed by atoms with E-state index in [1.165, 1.54) is 7.11 Å². The molecule has 0 aliphatic carbocycles. The molecule has 0 heterocycles. The molecule has 1 aromatic carbocycles. The second-order valence-corrected chi connectivity index (χ2v) is 5.97. The molecule has 1 aromatic rings. The minimum atomic E-state index is -0.611. The number of methoxy groups -OCH3 is 1. The Kier molecular flexibility index (Phi) is 6.03. The van der Waals surface area contributed by atoms with E-state index in [-0.39, 0.29) is 6.42 Å². The van der Waals surface area contributed by atoms with Gasteiger partial charge in [-0.05, 0) is 38.5 Å². The van der Waals surface area contributed by atoms with Crippen LogP contribution in [0.1, 0.15) is 38.8 Å². The van der Waals surface area contributed by atoms with E-state index in [1.54, 1.807) is 45.0 Å². The highest BCUT2D eigenvalue weighted by Gasteiger charge is 2.22. The first kappa shape index (κ1) is 17.3. The molecule has 116 valence electrons. The van der Waals surface area contributed by atoms with Crippen molar-refractivity contribution in [2.24, 2.45) is 0 Å². The van der Waals surface area contributed by atoms with Crippen molar-refractivity contribution in [1.29, 1.82) is 0 Å². The Labute approximate surface area is 129 Å². The Morgan fingerprint density at radius 3 is 2.29 bits per heavy atom. The van der Waals surface area contributed by atoms with Gasteiger partial charge in [0, 0.05) is 5.02 Å². The van der Waals surface area contributed by atoms with Crippen LogP contribution in [-0.4, -0.2) is 24.8 Å². The molecule has 0 saturated heterocycles. The second-order valence-electron chi connectivity index (χ2n) is 5.53. The predicted molar refractivity (Wildman–Crippen MR) is 80.2 cm³/mol. The second kappa shape index (κ2) is 7.31. The van der Waals surface area contributed by atoms with Crippen LogP contribution in [0.15, 0.2) is 24.3 Å². The van der Waals surface area contributed by atoms with E-state index in [1.807, 2.05) is 0 Å². The summed E-state index contributed by atoms with van der Waals surface area (Å²) in [5, 5.41) is 3.25. The maximum atomic E-state index is 11.9. The van der Waals surface area contributed by atoms with Crippen molar-refractivity contribution in [3.63, 3.8) is 0 Å². The molecule has 0 aliphatic rings. The molecule has 1 atom stereocenters. The highest BCUT2D eigenvalue weighted by molar-refractivity contribution is 6.30. The molecule has 0 radical (unpaired) electrons. The molecule has 21 heavy (non-hydrogen) atoms. The number of ether oxygens (including phenoxy) is 2. The number of amides is 1. The van der Waals surface area contributed by atoms with E-state index < -0.39 is 23.7 Å². The van der Waals surface area contributed by atoms with E-state index in [4.69, 9.17) is 16.3 Å². The maximum Gasteiger partial charge on any atom is 0.408 e. The van der Waals surface area contributed by atoms with Crippen molar-refractivity contribution >= 4 is 23.7 Å². The SMILES string of the molecule is COC(=O)C[C@H](NC(=O)OC(C)(C)C)c1ccc(Cl)cc1. The van der Waals surface area contributed by atoms with Gasteiger partial charge in [-0.2, -0.15) is 0 Å². The quantitative estimate of drug-likeness (QED) is 0.864. The highest BCUT2D eigenvalue weighted by atomic mass is 35.5. The Morgan fingerprint density at radius 2 is 1.81 bits per heavy atom. The summed E-state index contributed by atoms with van der Waals surface area (Å²) in [5.74, 6) is -0.425. The van der Waals surface area contributed by atoms with Gasteiger partial charge >= 0.3 is 12.1 Å². The average Bonchev–Trinajstić information content (AvgIpc) is 2.36. The van der Waals surface area contributed by atoms with Gasteiger partial charge in [-0.3, -0.25) is 4.79 Å². The molecule has 0 aromatic heterocycles. The van der Waals surface area contributed by atoms with Gasteiger partial charge in [0.15, 0.2) is 0 Å². The number of rotatable bonds is 4. The van der Waals surface area contributed by atoms with Gasteiger partial charge in [0.25, 0.3) is 0 Å². The van der Waals surface area contributed by atoms with E-state index >= 15 is 0 Å². The van der Waals surface area contributed by atoms with Crippen LogP contribution >= 0.6 is 11.6 Å². The van der Waals surface area contributed by atoms with Crippen LogP contribution in [0, 0.1) is 0 Å². The molecule has 0 spiro atoms. The minimum Gasteiger partial charge on any atom is -0.469 e. The van der Waals surface area contributed by atoms with Gasteiger partial charge in [0.1, 0.15) is 5.60 Å². The normalized spacial score (nSPS) is 12.4. The lowest BCUT2D eigenvalue weighted by atomic mass is 10.0. The van der Waals surface area contributed by atoms with Crippen LogP contribution in [-0.2, 0) is 14.3 Å². The van der Waals surface area contributed by atoms with E-state index in [9.17, 15) is 9.59 Å². The lowest BCUT2D eigenvalue weighted by molar-refractivity contribution is -0.141. The Morgan fingerprint density at radius 1 is 1.24 bits per heavy atom. The lowest BCUT2D eigenvalue weighted by Crippen LogP contribution is -2.35. The fourth-order valence-electron chi connectivity index (χ4n) is 1.65. The van der Waals surface area contributed by atoms with Crippen molar-refractivity contribution in [3.05, 3.63) is 34.9 Å². The number of hydrogen-bond acceptors (Lipinski definition) is 4. The molecule has 5 nitrogen and oxygen atoms in total. The molecule has 0 unspecified atom stereocenters. The van der Waals surface area contributed by atoms with Gasteiger partial charge in [-0.25, -0.2) is 4.79 Å². The monoisotopic (exact) mass is 313 g/mol. The van der Waals surface area contributed by atoms with Crippen molar-refractivity contribution in [2.75, 3.05) is 7.11 Å². The summed E-state index contributed by atoms with van der Waals surface area (Å²) in [6.45, 7) is 5.30. The molecule has 1 rings (SSSR count). The molecule has 0 bridgehead atoms. The molecular weight excluding hydrogens is 294 g/mol. The summed E-state index contributed by atoms with van der Waals surface area (Å²) in [6.07, 6.45) is -0.580. The molecule has 1 amide bonds. The number of halogens is 1. The zero-order valence-corrected chi connectivity index (χ0v) is 13.4. The Hall–Kier alpha value is -1.75. The van der Waals surface area contributed by atoms with Crippen LogP contribution in [0.2, 0.25) is 5.02 Å². The smallest absolute Gasteiger partial charge is 0.408 e. The third kappa shape index (κ3) is 6.49. The number of nitrogens with one attached hydrogen (secondary N) is 1. The van der Waals surface area contributed by atoms with Crippen molar-refractivity contribution < 1.29 is 19.1 Å². The Balaban J connectivity index is 2.84. The van der Waals surface area contributed by atoms with Gasteiger partial charge in [-0.15, -0.1) is 0 Å². The van der Waals surface area contributed by atoms with Gasteiger partial charge < -0.3 is 14.8 Å². The highest BCUT2D eigenvalue weighted by Crippen LogP contribution is 2.20. The minimum absolute atomic E-state index is 0.0113. The number of benzene rings is 1. The summed E-state index contributed by atoms with van der Waals surface area (Å²) >= 11 is 5.84. The first-order valence-electron chi connectivity index (χ1n) is 6.53. The molecule has 0 saturated carbocycles. The average molecular weight is 314 g/mol. The molecular formula is C15H20ClNO4. The van der Waals surface area contributed by atoms with E-state index in [2.05, 4.69) is 10.1 Å². The first-order valence-corrected chi connectivity index (χ1v) is 6.91. The Bertz CT molecular complexity index is 493. The number of alkyl carbamates (subject to hydrolysis) is 1. The summed E-state index contributed by atoms with van der Waals surface area (Å²) in [6, 6.07) is 6.33. The van der Waals surface area contributed by atoms with Crippen LogP contribution < -0.4 is 5.32 Å². The topological polar surface area (TPSA) is 64.6 Å². The van der Waals surface area contributed by atoms with Gasteiger partial charge in [0.2, 0.25) is 0 Å². The van der Waals surface area contributed by atoms with Crippen LogP contribution in [0.25, 0.3) is 0 Å². The maximum absolute atomic E-state index is 11.9. The van der Waals surface area contributed by atoms with E-state index in [0.29, 0.717) is 5.02 Å². The third-order valence-corrected chi connectivity index (χ3v) is 2.81. The fourth-order valence-corrected chi connectivity index (χ4v) is 1.77. The molecule has 0 aliphatic heterocycles. The molecule has 1 N–H and O–H groups in total. The van der Waals surface area contributed by atoms with Crippen molar-refractivity contribution in [1.82, 2.24) is 5.32 Å². The van der Waals surface area contributed by atoms with Gasteiger partial charge in [-0.1, -0.05) is 23.7 Å². The fraction of sp³-hybridized carbons (Fsp3) is 0.467. The third-order valence-electron chi connectivity index (χ3n) is 2.56. The molecule has 6 heteroatoms. The predicted octanol–water partition coefficient (Wildman–Crippen LogP) is 3.47. The van der Waals surface area contributed by atoms with Crippen LogP contribution in [0.5, 0.6) is 0 Å². The summed E-state index contributed by atoms with van der Waals surface area (Å²) < 4.78 is 9.85. The van der Waals surface area contributed by atoms with Crippen LogP contribution in [0.3, 0.4) is 0 Å². The number of esters is 1. The van der Waals surface area contributed by atoms with Gasteiger partial charge in [0.05, 0.1) is 19.6 Å². The molecule has 0 fully saturated rings. The van der Waals surface area contributed by atoms with Crippen LogP contribution in [0.4, 0.5) is 4.79 Å². The lowest BCUT2D eigenvalue weighted by Gasteiger charge is -2.23. The first-order chi connectivity index (χ1) is 9.71. The summed E-state index contributed by atoms with van der Waals surface area (Å²) in [5.41, 5.74) is 0.135. The summed E-state index contributed by atoms with van der Waals surface area (Å²) in [4.78, 5) is 23.4. The van der Waals surface area contributed by atoms with E-state index in [0.717, 1.165) is 5.56 Å². The number of hydrogen-bond donors (Lipinski definition) is 1. The number of carbonyl (C=O) groups is 2. The number of carbonyl (C=O) groups excluding carboxylic acids is 2. The zero-order chi connectivity index (χ0) is 16.0.